The Morgan fingerprint density at radius 2 is 1.25 bits per heavy atom. The minimum atomic E-state index is -0.985. The molecule has 0 radical (unpaired) electrons. The van der Waals surface area contributed by atoms with Gasteiger partial charge in [0.1, 0.15) is 0 Å². The fraction of sp³-hybridized carbons (Fsp3) is 0.500. The molecule has 0 bridgehead atoms. The van der Waals surface area contributed by atoms with E-state index in [1.54, 1.807) is 0 Å². The number of rotatable bonds is 2. The Bertz CT molecular complexity index is 70.1. The first-order chi connectivity index (χ1) is 3.63. The molecule has 8 heavy (non-hydrogen) atoms. The molecule has 0 aliphatic heterocycles. The van der Waals surface area contributed by atoms with E-state index in [9.17, 15) is 0 Å². The Morgan fingerprint density at radius 1 is 1.00 bits per heavy atom. The minimum absolute atomic E-state index is 0.985. The van der Waals surface area contributed by atoms with Gasteiger partial charge in [0.25, 0.3) is 0 Å². The highest BCUT2D eigenvalue weighted by molar-refractivity contribution is 7.12. The predicted octanol–water partition coefficient (Wildman–Crippen LogP) is 2.34. The summed E-state index contributed by atoms with van der Waals surface area (Å²) < 4.78 is 0. The van der Waals surface area contributed by atoms with Crippen LogP contribution in [0.1, 0.15) is 0 Å². The molecular weight excluding hydrogens is 173 g/mol. The molecule has 0 N–H and O–H groups in total. The Morgan fingerprint density at radius 3 is 1.38 bits per heavy atom. The summed E-state index contributed by atoms with van der Waals surface area (Å²) in [6.07, 6.45) is 0. The lowest BCUT2D eigenvalue weighted by Crippen LogP contribution is -1.94. The molecule has 0 saturated carbocycles. The van der Waals surface area contributed by atoms with Gasteiger partial charge in [0, 0.05) is 0 Å². The molecular formula is C4H8Al2Cl2. The van der Waals surface area contributed by atoms with E-state index in [-0.39, 0.29) is 0 Å². The number of hydrogen-bond acceptors (Lipinski definition) is 0. The van der Waals surface area contributed by atoms with Gasteiger partial charge in [0.05, 0.1) is 0 Å². The molecule has 4 heteroatoms. The molecule has 0 atom stereocenters. The molecule has 0 saturated heterocycles. The molecule has 0 aliphatic carbocycles. The highest BCUT2D eigenvalue weighted by atomic mass is 35.6. The Kier molecular flexibility index (Phi) is 6.09. The second-order valence-corrected chi connectivity index (χ2v) is 9.35. The monoisotopic (exact) mass is 180 g/mol. The smallest absolute Gasteiger partial charge is 0.254 e. The van der Waals surface area contributed by atoms with Crippen LogP contribution in [0.5, 0.6) is 0 Å². The van der Waals surface area contributed by atoms with Gasteiger partial charge in [-0.25, -0.2) is 0 Å². The highest BCUT2D eigenvalue weighted by Gasteiger charge is 2.03. The van der Waals surface area contributed by atoms with Crippen LogP contribution in [0.4, 0.5) is 0 Å². The molecule has 0 aliphatic rings. The normalized spacial score (nSPS) is 10.0. The molecule has 0 nitrogen and oxygen atoms in total. The van der Waals surface area contributed by atoms with E-state index in [1.165, 1.54) is 0 Å². The summed E-state index contributed by atoms with van der Waals surface area (Å²) in [6.45, 7) is 0. The van der Waals surface area contributed by atoms with E-state index < -0.39 is 26.5 Å². The molecule has 0 aromatic heterocycles. The molecule has 0 aromatic rings. The van der Waals surface area contributed by atoms with Gasteiger partial charge in [-0.1, -0.05) is 11.6 Å². The second kappa shape index (κ2) is 5.19. The lowest BCUT2D eigenvalue weighted by atomic mass is 11.2. The lowest BCUT2D eigenvalue weighted by molar-refractivity contribution is 2.15. The third-order valence-electron chi connectivity index (χ3n) is 0.641. The van der Waals surface area contributed by atoms with Crippen LogP contribution in [0.2, 0.25) is 11.6 Å². The molecule has 0 fully saturated rings. The van der Waals surface area contributed by atoms with E-state index in [0.29, 0.717) is 0 Å². The summed E-state index contributed by atoms with van der Waals surface area (Å²) in [7, 11) is 11.5. The van der Waals surface area contributed by atoms with Gasteiger partial charge in [-0.3, -0.25) is 20.1 Å². The maximum absolute atomic E-state index is 5.74. The van der Waals surface area contributed by atoms with Crippen molar-refractivity contribution in [1.82, 2.24) is 0 Å². The van der Waals surface area contributed by atoms with Crippen LogP contribution in [0, 0.1) is 0 Å². The third kappa shape index (κ3) is 7.38. The molecule has 0 spiro atoms. The topological polar surface area (TPSA) is 0 Å². The van der Waals surface area contributed by atoms with Crippen LogP contribution in [-0.2, 0) is 0 Å². The quantitative estimate of drug-likeness (QED) is 0.573. The van der Waals surface area contributed by atoms with Crippen molar-refractivity contribution in [2.75, 3.05) is 0 Å². The van der Waals surface area contributed by atoms with Crippen molar-refractivity contribution in [1.29, 1.82) is 0 Å². The molecule has 0 aromatic carbocycles. The van der Waals surface area contributed by atoms with Gasteiger partial charge in [-0.05, 0) is 0 Å². The average molecular weight is 181 g/mol. The summed E-state index contributed by atoms with van der Waals surface area (Å²) in [4.78, 5) is 4.15. The van der Waals surface area contributed by atoms with Crippen LogP contribution < -0.4 is 0 Å². The van der Waals surface area contributed by atoms with Crippen molar-refractivity contribution < 1.29 is 0 Å². The predicted molar refractivity (Wildman–Crippen MR) is 44.1 cm³/mol. The first-order valence-electron chi connectivity index (χ1n) is 2.59. The number of hydrogen-bond donors (Lipinski definition) is 0. The van der Waals surface area contributed by atoms with Crippen LogP contribution in [-0.4, -0.2) is 26.5 Å². The van der Waals surface area contributed by atoms with Gasteiger partial charge < -0.3 is 0 Å². The van der Waals surface area contributed by atoms with Crippen LogP contribution >= 0.6 is 20.1 Å². The maximum Gasteiger partial charge on any atom is 0.424 e. The van der Waals surface area contributed by atoms with E-state index in [4.69, 9.17) is 20.1 Å². The zero-order chi connectivity index (χ0) is 6.57. The molecule has 0 heterocycles. The van der Waals surface area contributed by atoms with Crippen molar-refractivity contribution in [3.8, 4) is 0 Å². The Balaban J connectivity index is 3.34. The molecule has 0 amide bonds. The zero-order valence-corrected chi connectivity index (χ0v) is 8.89. The van der Waals surface area contributed by atoms with Crippen LogP contribution in [0.3, 0.4) is 0 Å². The van der Waals surface area contributed by atoms with Crippen LogP contribution in [0.15, 0.2) is 9.88 Å². The van der Waals surface area contributed by atoms with Gasteiger partial charge >= 0.3 is 26.5 Å². The summed E-state index contributed by atoms with van der Waals surface area (Å²) in [5.41, 5.74) is 0. The Hall–Kier alpha value is 1.38. The number of halogens is 2. The summed E-state index contributed by atoms with van der Waals surface area (Å²) in [5, 5.41) is 0. The minimum Gasteiger partial charge on any atom is -0.254 e. The summed E-state index contributed by atoms with van der Waals surface area (Å²) in [6, 6.07) is 0. The molecule has 44 valence electrons. The van der Waals surface area contributed by atoms with E-state index >= 15 is 0 Å². The molecule has 0 rings (SSSR count). The first-order valence-corrected chi connectivity index (χ1v) is 9.73. The first kappa shape index (κ1) is 9.38. The third-order valence-corrected chi connectivity index (χ3v) is 3.46. The van der Waals surface area contributed by atoms with Gasteiger partial charge in [0.15, 0.2) is 0 Å². The van der Waals surface area contributed by atoms with E-state index in [0.717, 1.165) is 0 Å². The Labute approximate surface area is 67.7 Å². The van der Waals surface area contributed by atoms with Crippen molar-refractivity contribution in [2.24, 2.45) is 0 Å². The summed E-state index contributed by atoms with van der Waals surface area (Å²) >= 11 is -1.97. The standard InChI is InChI=1S/C2H2.2CH3.2Al.2ClH/c1-2;;;;;;/h1-2H;2*1H3;;;2*1H/q;;;2*+1;;/p-2. The van der Waals surface area contributed by atoms with E-state index in [2.05, 4.69) is 21.4 Å². The van der Waals surface area contributed by atoms with Crippen LogP contribution in [0.25, 0.3) is 0 Å². The van der Waals surface area contributed by atoms with Crippen molar-refractivity contribution >= 4 is 46.6 Å². The highest BCUT2D eigenvalue weighted by Crippen LogP contribution is 1.94. The van der Waals surface area contributed by atoms with Gasteiger partial charge in [-0.2, -0.15) is 0 Å². The van der Waals surface area contributed by atoms with Crippen molar-refractivity contribution in [2.45, 2.75) is 11.6 Å². The summed E-state index contributed by atoms with van der Waals surface area (Å²) in [5.74, 6) is 4.12. The second-order valence-electron chi connectivity index (χ2n) is 1.74. The van der Waals surface area contributed by atoms with Crippen molar-refractivity contribution in [3.63, 3.8) is 0 Å². The maximum atomic E-state index is 5.74. The fourth-order valence-corrected chi connectivity index (χ4v) is 4.27. The van der Waals surface area contributed by atoms with Crippen molar-refractivity contribution in [3.05, 3.63) is 9.88 Å². The van der Waals surface area contributed by atoms with Gasteiger partial charge in [0.2, 0.25) is 0 Å². The SMILES string of the molecule is [CH3][Al]([Cl])[CH]=[CH][Al]([CH3])[Cl]. The van der Waals surface area contributed by atoms with Gasteiger partial charge in [-0.15, -0.1) is 9.88 Å². The largest absolute Gasteiger partial charge is 0.424 e. The lowest BCUT2D eigenvalue weighted by Gasteiger charge is -1.82. The zero-order valence-electron chi connectivity index (χ0n) is 5.07. The average Bonchev–Trinajstić information content (AvgIpc) is 1.61. The molecule has 0 unspecified atom stereocenters. The van der Waals surface area contributed by atoms with E-state index in [1.807, 2.05) is 0 Å². The fourth-order valence-electron chi connectivity index (χ4n) is 0.306.